The number of thiophene rings is 1. The van der Waals surface area contributed by atoms with Crippen LogP contribution in [-0.4, -0.2) is 12.0 Å². The molecule has 2 aromatic heterocycles. The number of hydrogen-bond acceptors (Lipinski definition) is 3. The fourth-order valence-corrected chi connectivity index (χ4v) is 4.60. The maximum atomic E-state index is 4.35. The molecule has 2 nitrogen and oxygen atoms in total. The van der Waals surface area contributed by atoms with Crippen molar-refractivity contribution in [3.8, 4) is 0 Å². The van der Waals surface area contributed by atoms with Crippen molar-refractivity contribution >= 4 is 43.2 Å². The molecule has 0 radical (unpaired) electrons. The van der Waals surface area contributed by atoms with Gasteiger partial charge >= 0.3 is 0 Å². The topological polar surface area (TPSA) is 24.9 Å². The summed E-state index contributed by atoms with van der Waals surface area (Å²) in [4.78, 5) is 4.35. The van der Waals surface area contributed by atoms with E-state index in [-0.39, 0.29) is 6.04 Å². The van der Waals surface area contributed by atoms with Gasteiger partial charge in [-0.1, -0.05) is 6.07 Å². The Labute approximate surface area is 122 Å². The van der Waals surface area contributed by atoms with Crippen molar-refractivity contribution in [1.82, 2.24) is 10.3 Å². The van der Waals surface area contributed by atoms with Gasteiger partial charge in [0.2, 0.25) is 0 Å². The second kappa shape index (κ2) is 5.61. The quantitative estimate of drug-likeness (QED) is 0.865. The highest BCUT2D eigenvalue weighted by molar-refractivity contribution is 9.12. The van der Waals surface area contributed by atoms with E-state index in [1.807, 2.05) is 26.2 Å². The molecule has 1 N–H and O–H groups in total. The molecule has 0 aliphatic rings. The van der Waals surface area contributed by atoms with Gasteiger partial charge in [-0.25, -0.2) is 0 Å². The lowest BCUT2D eigenvalue weighted by Gasteiger charge is -2.16. The monoisotopic (exact) mass is 374 g/mol. The summed E-state index contributed by atoms with van der Waals surface area (Å²) >= 11 is 8.79. The molecule has 90 valence electrons. The number of hydrogen-bond donors (Lipinski definition) is 1. The average Bonchev–Trinajstić information content (AvgIpc) is 2.62. The molecule has 0 fully saturated rings. The third-order valence-corrected chi connectivity index (χ3v) is 4.94. The minimum atomic E-state index is 0.167. The number of nitrogens with one attached hydrogen (secondary N) is 1. The van der Waals surface area contributed by atoms with Crippen molar-refractivity contribution in [1.29, 1.82) is 0 Å². The molecule has 0 saturated heterocycles. The normalized spacial score (nSPS) is 12.7. The number of rotatable bonds is 3. The van der Waals surface area contributed by atoms with E-state index in [0.717, 1.165) is 13.3 Å². The van der Waals surface area contributed by atoms with E-state index in [4.69, 9.17) is 0 Å². The van der Waals surface area contributed by atoms with E-state index >= 15 is 0 Å². The van der Waals surface area contributed by atoms with Gasteiger partial charge in [0.05, 0.1) is 13.6 Å². The van der Waals surface area contributed by atoms with Crippen LogP contribution in [0.25, 0.3) is 0 Å². The summed E-state index contributed by atoms with van der Waals surface area (Å²) in [6, 6.07) is 6.45. The fraction of sp³-hybridized carbons (Fsp3) is 0.250. The smallest absolute Gasteiger partial charge is 0.0761 e. The first-order valence-electron chi connectivity index (χ1n) is 5.16. The maximum Gasteiger partial charge on any atom is 0.0761 e. The summed E-state index contributed by atoms with van der Waals surface area (Å²) in [6.45, 7) is 2.00. The van der Waals surface area contributed by atoms with Crippen molar-refractivity contribution in [2.75, 3.05) is 7.05 Å². The van der Waals surface area contributed by atoms with E-state index in [1.165, 1.54) is 11.1 Å². The van der Waals surface area contributed by atoms with Crippen LogP contribution in [0, 0.1) is 6.92 Å². The van der Waals surface area contributed by atoms with Gasteiger partial charge in [0.25, 0.3) is 0 Å². The second-order valence-corrected chi connectivity index (χ2v) is 7.48. The molecular formula is C12H12Br2N2S. The number of nitrogens with zero attached hydrogens (tertiary/aromatic N) is 1. The molecule has 17 heavy (non-hydrogen) atoms. The SMILES string of the molecule is CNC(c1ccc(C)nc1)c1cc(Br)sc1Br. The van der Waals surface area contributed by atoms with Gasteiger partial charge in [0.15, 0.2) is 0 Å². The van der Waals surface area contributed by atoms with Crippen molar-refractivity contribution in [2.24, 2.45) is 0 Å². The second-order valence-electron chi connectivity index (χ2n) is 3.73. The molecule has 0 bridgehead atoms. The zero-order valence-electron chi connectivity index (χ0n) is 9.50. The number of halogens is 2. The summed E-state index contributed by atoms with van der Waals surface area (Å²) in [6.07, 6.45) is 1.93. The molecule has 2 heterocycles. The molecule has 1 unspecified atom stereocenters. The van der Waals surface area contributed by atoms with Gasteiger partial charge in [0, 0.05) is 11.9 Å². The maximum absolute atomic E-state index is 4.35. The third-order valence-electron chi connectivity index (χ3n) is 2.55. The van der Waals surface area contributed by atoms with Gasteiger partial charge in [-0.3, -0.25) is 4.98 Å². The lowest BCUT2D eigenvalue weighted by molar-refractivity contribution is 0.688. The molecule has 0 amide bonds. The summed E-state index contributed by atoms with van der Waals surface area (Å²) in [5, 5.41) is 3.32. The van der Waals surface area contributed by atoms with Gasteiger partial charge in [-0.05, 0) is 69.1 Å². The first kappa shape index (κ1) is 13.2. The van der Waals surface area contributed by atoms with E-state index < -0.39 is 0 Å². The van der Waals surface area contributed by atoms with Crippen LogP contribution >= 0.6 is 43.2 Å². The lowest BCUT2D eigenvalue weighted by atomic mass is 10.0. The Bertz CT molecular complexity index is 508. The largest absolute Gasteiger partial charge is 0.309 e. The molecule has 1 atom stereocenters. The molecule has 0 aliphatic carbocycles. The molecule has 2 rings (SSSR count). The van der Waals surface area contributed by atoms with Gasteiger partial charge in [-0.2, -0.15) is 0 Å². The molecule has 2 aromatic rings. The summed E-state index contributed by atoms with van der Waals surface area (Å²) in [5.74, 6) is 0. The number of pyridine rings is 1. The Kier molecular flexibility index (Phi) is 4.36. The van der Waals surface area contributed by atoms with Crippen molar-refractivity contribution < 1.29 is 0 Å². The highest BCUT2D eigenvalue weighted by atomic mass is 79.9. The van der Waals surface area contributed by atoms with Crippen LogP contribution in [0.2, 0.25) is 0 Å². The molecule has 0 spiro atoms. The predicted molar refractivity (Wildman–Crippen MR) is 79.6 cm³/mol. The van der Waals surface area contributed by atoms with Crippen molar-refractivity contribution in [2.45, 2.75) is 13.0 Å². The Hall–Kier alpha value is -0.230. The zero-order valence-corrected chi connectivity index (χ0v) is 13.5. The van der Waals surface area contributed by atoms with E-state index in [0.29, 0.717) is 0 Å². The van der Waals surface area contributed by atoms with Crippen LogP contribution < -0.4 is 5.32 Å². The van der Waals surface area contributed by atoms with Crippen molar-refractivity contribution in [3.63, 3.8) is 0 Å². The van der Waals surface area contributed by atoms with Crippen LogP contribution in [0.15, 0.2) is 32.0 Å². The average molecular weight is 376 g/mol. The van der Waals surface area contributed by atoms with Crippen LogP contribution in [0.4, 0.5) is 0 Å². The summed E-state index contributed by atoms with van der Waals surface area (Å²) in [5.41, 5.74) is 3.44. The Morgan fingerprint density at radius 2 is 2.12 bits per heavy atom. The van der Waals surface area contributed by atoms with Crippen LogP contribution in [0.1, 0.15) is 22.9 Å². The van der Waals surface area contributed by atoms with Crippen LogP contribution in [-0.2, 0) is 0 Å². The highest BCUT2D eigenvalue weighted by Gasteiger charge is 2.17. The standard InChI is InChI=1S/C12H12Br2N2S/c1-7-3-4-8(6-16-7)11(15-2)9-5-10(13)17-12(9)14/h3-6,11,15H,1-2H3. The van der Waals surface area contributed by atoms with Crippen LogP contribution in [0.5, 0.6) is 0 Å². The van der Waals surface area contributed by atoms with E-state index in [9.17, 15) is 0 Å². The van der Waals surface area contributed by atoms with Crippen LogP contribution in [0.3, 0.4) is 0 Å². The minimum absolute atomic E-state index is 0.167. The van der Waals surface area contributed by atoms with Gasteiger partial charge < -0.3 is 5.32 Å². The fourth-order valence-electron chi connectivity index (χ4n) is 1.70. The first-order chi connectivity index (χ1) is 8.11. The minimum Gasteiger partial charge on any atom is -0.309 e. The number of aryl methyl sites for hydroxylation is 1. The summed E-state index contributed by atoms with van der Waals surface area (Å²) in [7, 11) is 1.96. The van der Waals surface area contributed by atoms with Crippen molar-refractivity contribution in [3.05, 3.63) is 48.8 Å². The van der Waals surface area contributed by atoms with Gasteiger partial charge in [-0.15, -0.1) is 11.3 Å². The molecule has 0 aliphatic heterocycles. The predicted octanol–water partition coefficient (Wildman–Crippen LogP) is 4.29. The Morgan fingerprint density at radius 1 is 1.35 bits per heavy atom. The number of aromatic nitrogens is 1. The molecular weight excluding hydrogens is 364 g/mol. The molecule has 0 saturated carbocycles. The van der Waals surface area contributed by atoms with E-state index in [2.05, 4.69) is 54.3 Å². The molecule has 0 aromatic carbocycles. The van der Waals surface area contributed by atoms with Gasteiger partial charge in [0.1, 0.15) is 0 Å². The summed E-state index contributed by atoms with van der Waals surface area (Å²) < 4.78 is 2.27. The Balaban J connectivity index is 2.39. The van der Waals surface area contributed by atoms with E-state index in [1.54, 1.807) is 11.3 Å². The molecule has 5 heteroatoms. The lowest BCUT2D eigenvalue weighted by Crippen LogP contribution is -2.17. The first-order valence-corrected chi connectivity index (χ1v) is 7.56. The highest BCUT2D eigenvalue weighted by Crippen LogP contribution is 2.37. The Morgan fingerprint density at radius 3 is 2.59 bits per heavy atom. The zero-order chi connectivity index (χ0) is 12.4. The third kappa shape index (κ3) is 2.96.